The molecule has 0 fully saturated rings. The van der Waals surface area contributed by atoms with Crippen LogP contribution in [0.2, 0.25) is 0 Å². The third-order valence-corrected chi connectivity index (χ3v) is 2.90. The van der Waals surface area contributed by atoms with Crippen molar-refractivity contribution in [2.24, 2.45) is 11.8 Å². The fraction of sp³-hybridized carbons (Fsp3) is 0.750. The summed E-state index contributed by atoms with van der Waals surface area (Å²) in [4.78, 5) is 33.8. The quantitative estimate of drug-likeness (QED) is 0.679. The standard InChI is InChI=1S/C12H22N2O4/c1-5-8(6-2)9(10(15)7(3)4)13-11(16)14-12(17)18/h7-9H,5-6H2,1-4H3,(H,17,18)(H2,13,14,16). The van der Waals surface area contributed by atoms with E-state index in [2.05, 4.69) is 5.32 Å². The Morgan fingerprint density at radius 3 is 1.94 bits per heavy atom. The van der Waals surface area contributed by atoms with E-state index < -0.39 is 18.2 Å². The van der Waals surface area contributed by atoms with Gasteiger partial charge in [0.25, 0.3) is 0 Å². The third kappa shape index (κ3) is 5.16. The van der Waals surface area contributed by atoms with E-state index in [0.717, 1.165) is 12.8 Å². The molecule has 0 rings (SSSR count). The maximum atomic E-state index is 12.0. The molecular weight excluding hydrogens is 236 g/mol. The highest BCUT2D eigenvalue weighted by molar-refractivity contribution is 5.94. The molecule has 0 radical (unpaired) electrons. The summed E-state index contributed by atoms with van der Waals surface area (Å²) in [5.74, 6) is -0.274. The van der Waals surface area contributed by atoms with Crippen LogP contribution in [0.5, 0.6) is 0 Å². The Labute approximate surface area is 107 Å². The van der Waals surface area contributed by atoms with Crippen molar-refractivity contribution in [3.8, 4) is 0 Å². The van der Waals surface area contributed by atoms with E-state index in [-0.39, 0.29) is 17.6 Å². The molecule has 0 spiro atoms. The monoisotopic (exact) mass is 258 g/mol. The molecule has 0 bridgehead atoms. The lowest BCUT2D eigenvalue weighted by Gasteiger charge is -2.26. The van der Waals surface area contributed by atoms with Crippen LogP contribution in [0.15, 0.2) is 0 Å². The zero-order valence-corrected chi connectivity index (χ0v) is 11.3. The average molecular weight is 258 g/mol. The second-order valence-corrected chi connectivity index (χ2v) is 4.51. The second kappa shape index (κ2) is 7.68. The van der Waals surface area contributed by atoms with Gasteiger partial charge in [-0.1, -0.05) is 40.5 Å². The minimum Gasteiger partial charge on any atom is -0.465 e. The third-order valence-electron chi connectivity index (χ3n) is 2.90. The van der Waals surface area contributed by atoms with Crippen molar-refractivity contribution in [1.82, 2.24) is 10.6 Å². The average Bonchev–Trinajstić information content (AvgIpc) is 2.27. The van der Waals surface area contributed by atoms with Gasteiger partial charge in [-0.15, -0.1) is 0 Å². The van der Waals surface area contributed by atoms with Crippen LogP contribution in [0.1, 0.15) is 40.5 Å². The molecule has 18 heavy (non-hydrogen) atoms. The molecule has 0 aromatic carbocycles. The number of hydrogen-bond acceptors (Lipinski definition) is 3. The number of Topliss-reactive ketones (excluding diaryl/α,β-unsaturated/α-hetero) is 1. The Hall–Kier alpha value is -1.59. The Kier molecular flexibility index (Phi) is 7.00. The number of imide groups is 1. The van der Waals surface area contributed by atoms with Gasteiger partial charge in [-0.2, -0.15) is 0 Å². The minimum absolute atomic E-state index is 0.0134. The fourth-order valence-corrected chi connectivity index (χ4v) is 1.81. The molecule has 0 saturated carbocycles. The summed E-state index contributed by atoms with van der Waals surface area (Å²) in [6.45, 7) is 7.39. The SMILES string of the molecule is CCC(CC)C(NC(=O)NC(=O)O)C(=O)C(C)C. The van der Waals surface area contributed by atoms with Crippen molar-refractivity contribution in [3.63, 3.8) is 0 Å². The van der Waals surface area contributed by atoms with Gasteiger partial charge in [-0.05, 0) is 5.92 Å². The van der Waals surface area contributed by atoms with Gasteiger partial charge in [-0.3, -0.25) is 4.79 Å². The molecule has 0 aromatic heterocycles. The van der Waals surface area contributed by atoms with E-state index in [9.17, 15) is 14.4 Å². The van der Waals surface area contributed by atoms with Crippen LogP contribution in [0.25, 0.3) is 0 Å². The highest BCUT2D eigenvalue weighted by Gasteiger charge is 2.29. The Bertz CT molecular complexity index is 311. The van der Waals surface area contributed by atoms with E-state index >= 15 is 0 Å². The number of ketones is 1. The van der Waals surface area contributed by atoms with E-state index in [1.807, 2.05) is 13.8 Å². The van der Waals surface area contributed by atoms with Crippen molar-refractivity contribution in [2.75, 3.05) is 0 Å². The van der Waals surface area contributed by atoms with E-state index in [1.54, 1.807) is 19.2 Å². The molecule has 0 aliphatic carbocycles. The summed E-state index contributed by atoms with van der Waals surface area (Å²) in [6.07, 6.45) is 0.0488. The predicted molar refractivity (Wildman–Crippen MR) is 67.4 cm³/mol. The summed E-state index contributed by atoms with van der Waals surface area (Å²) in [5, 5.41) is 12.6. The van der Waals surface area contributed by atoms with E-state index in [0.29, 0.717) is 0 Å². The molecule has 0 saturated heterocycles. The first-order chi connectivity index (χ1) is 8.33. The van der Waals surface area contributed by atoms with Gasteiger partial charge >= 0.3 is 12.1 Å². The topological polar surface area (TPSA) is 95.5 Å². The number of carboxylic acid groups (broad SMARTS) is 1. The number of nitrogens with one attached hydrogen (secondary N) is 2. The molecule has 1 atom stereocenters. The van der Waals surface area contributed by atoms with Crippen molar-refractivity contribution in [2.45, 2.75) is 46.6 Å². The lowest BCUT2D eigenvalue weighted by molar-refractivity contribution is -0.125. The van der Waals surface area contributed by atoms with Crippen molar-refractivity contribution in [3.05, 3.63) is 0 Å². The predicted octanol–water partition coefficient (Wildman–Crippen LogP) is 1.99. The van der Waals surface area contributed by atoms with E-state index in [1.165, 1.54) is 0 Å². The number of urea groups is 1. The summed E-state index contributed by atoms with van der Waals surface area (Å²) in [6, 6.07) is -1.49. The van der Waals surface area contributed by atoms with Gasteiger partial charge in [0, 0.05) is 5.92 Å². The summed E-state index contributed by atoms with van der Waals surface area (Å²) < 4.78 is 0. The van der Waals surface area contributed by atoms with Crippen LogP contribution >= 0.6 is 0 Å². The first-order valence-corrected chi connectivity index (χ1v) is 6.17. The maximum Gasteiger partial charge on any atom is 0.412 e. The lowest BCUT2D eigenvalue weighted by atomic mass is 9.87. The number of carbonyl (C=O) groups excluding carboxylic acids is 2. The van der Waals surface area contributed by atoms with E-state index in [4.69, 9.17) is 5.11 Å². The molecule has 6 heteroatoms. The van der Waals surface area contributed by atoms with Gasteiger partial charge in [0.2, 0.25) is 0 Å². The summed E-state index contributed by atoms with van der Waals surface area (Å²) >= 11 is 0. The Morgan fingerprint density at radius 1 is 1.11 bits per heavy atom. The Balaban J connectivity index is 4.82. The molecule has 0 aliphatic heterocycles. The van der Waals surface area contributed by atoms with Crippen molar-refractivity contribution < 1.29 is 19.5 Å². The van der Waals surface area contributed by atoms with Crippen LogP contribution < -0.4 is 10.6 Å². The molecule has 3 amide bonds. The van der Waals surface area contributed by atoms with Crippen LogP contribution in [0, 0.1) is 11.8 Å². The number of hydrogen-bond donors (Lipinski definition) is 3. The van der Waals surface area contributed by atoms with Crippen LogP contribution in [0.4, 0.5) is 9.59 Å². The molecule has 1 unspecified atom stereocenters. The van der Waals surface area contributed by atoms with Gasteiger partial charge in [0.05, 0.1) is 6.04 Å². The highest BCUT2D eigenvalue weighted by atomic mass is 16.4. The molecule has 6 nitrogen and oxygen atoms in total. The molecule has 0 aromatic rings. The van der Waals surface area contributed by atoms with Crippen LogP contribution in [-0.2, 0) is 4.79 Å². The number of carbonyl (C=O) groups is 3. The zero-order chi connectivity index (χ0) is 14.3. The van der Waals surface area contributed by atoms with Crippen molar-refractivity contribution >= 4 is 17.9 Å². The van der Waals surface area contributed by atoms with Crippen molar-refractivity contribution in [1.29, 1.82) is 0 Å². The number of amides is 3. The van der Waals surface area contributed by atoms with Crippen LogP contribution in [-0.4, -0.2) is 29.1 Å². The largest absolute Gasteiger partial charge is 0.465 e. The van der Waals surface area contributed by atoms with Gasteiger partial charge in [0.1, 0.15) is 0 Å². The summed E-state index contributed by atoms with van der Waals surface area (Å²) in [5.41, 5.74) is 0. The maximum absolute atomic E-state index is 12.0. The summed E-state index contributed by atoms with van der Waals surface area (Å²) in [7, 11) is 0. The lowest BCUT2D eigenvalue weighted by Crippen LogP contribution is -2.51. The Morgan fingerprint density at radius 2 is 1.61 bits per heavy atom. The minimum atomic E-state index is -1.44. The van der Waals surface area contributed by atoms with Gasteiger partial charge in [0.15, 0.2) is 5.78 Å². The number of rotatable bonds is 6. The fourth-order valence-electron chi connectivity index (χ4n) is 1.81. The molecular formula is C12H22N2O4. The first kappa shape index (κ1) is 16.4. The van der Waals surface area contributed by atoms with Crippen LogP contribution in [0.3, 0.4) is 0 Å². The first-order valence-electron chi connectivity index (χ1n) is 6.17. The molecule has 104 valence electrons. The normalized spacial score (nSPS) is 12.3. The molecule has 3 N–H and O–H groups in total. The smallest absolute Gasteiger partial charge is 0.412 e. The highest BCUT2D eigenvalue weighted by Crippen LogP contribution is 2.17. The zero-order valence-electron chi connectivity index (χ0n) is 11.3. The van der Waals surface area contributed by atoms with Gasteiger partial charge in [-0.25, -0.2) is 14.9 Å². The second-order valence-electron chi connectivity index (χ2n) is 4.51. The molecule has 0 heterocycles. The molecule has 0 aliphatic rings. The van der Waals surface area contributed by atoms with Gasteiger partial charge < -0.3 is 10.4 Å².